The van der Waals surface area contributed by atoms with Gasteiger partial charge in [0.1, 0.15) is 0 Å². The molecule has 0 bridgehead atoms. The Hall–Kier alpha value is -0.660. The summed E-state index contributed by atoms with van der Waals surface area (Å²) in [4.78, 5) is 11.6. The average molecular weight is 183 g/mol. The maximum absolute atomic E-state index is 11.6. The molecule has 0 saturated heterocycles. The van der Waals surface area contributed by atoms with Crippen LogP contribution in [-0.4, -0.2) is 11.5 Å². The van der Waals surface area contributed by atoms with Crippen LogP contribution in [0.5, 0.6) is 0 Å². The highest BCUT2D eigenvalue weighted by molar-refractivity contribution is 6.40. The minimum atomic E-state index is -0.414. The van der Waals surface area contributed by atoms with Gasteiger partial charge < -0.3 is 5.41 Å². The number of Topliss-reactive ketones (excluding diaryl/α,β-unsaturated/α-hetero) is 1. The summed E-state index contributed by atoms with van der Waals surface area (Å²) in [6, 6.07) is 0. The molecule has 0 aliphatic carbocycles. The Balaban J connectivity index is 4.40. The average Bonchev–Trinajstić information content (AvgIpc) is 1.79. The van der Waals surface area contributed by atoms with Crippen molar-refractivity contribution in [3.8, 4) is 0 Å². The van der Waals surface area contributed by atoms with Crippen molar-refractivity contribution in [2.75, 3.05) is 0 Å². The van der Waals surface area contributed by atoms with Crippen molar-refractivity contribution in [3.63, 3.8) is 0 Å². The minimum absolute atomic E-state index is 0.0258. The Bertz CT molecular complexity index is 215. The van der Waals surface area contributed by atoms with Gasteiger partial charge in [0.15, 0.2) is 5.78 Å². The van der Waals surface area contributed by atoms with Gasteiger partial charge in [-0.25, -0.2) is 0 Å². The number of hydrogen-bond donors (Lipinski definition) is 1. The van der Waals surface area contributed by atoms with Crippen molar-refractivity contribution >= 4 is 11.5 Å². The lowest BCUT2D eigenvalue weighted by Crippen LogP contribution is -2.30. The SMILES string of the molecule is CC(C)(C)CC(=N)C(=O)C(C)(C)C. The molecule has 0 spiro atoms. The van der Waals surface area contributed by atoms with Crippen LogP contribution < -0.4 is 0 Å². The van der Waals surface area contributed by atoms with Crippen molar-refractivity contribution < 1.29 is 4.79 Å². The van der Waals surface area contributed by atoms with Crippen LogP contribution >= 0.6 is 0 Å². The molecule has 0 aromatic rings. The molecule has 0 saturated carbocycles. The molecule has 13 heavy (non-hydrogen) atoms. The highest BCUT2D eigenvalue weighted by Gasteiger charge is 2.27. The molecule has 2 heteroatoms. The predicted molar refractivity (Wildman–Crippen MR) is 56.3 cm³/mol. The van der Waals surface area contributed by atoms with Gasteiger partial charge in [0.25, 0.3) is 0 Å². The zero-order valence-corrected chi connectivity index (χ0v) is 9.62. The number of hydrogen-bond acceptors (Lipinski definition) is 2. The summed E-state index contributed by atoms with van der Waals surface area (Å²) in [5.74, 6) is -0.0394. The number of carbonyl (C=O) groups excluding carboxylic acids is 1. The second-order valence-corrected chi connectivity index (χ2v) is 5.80. The Morgan fingerprint density at radius 1 is 1.08 bits per heavy atom. The number of nitrogens with one attached hydrogen (secondary N) is 1. The van der Waals surface area contributed by atoms with Crippen LogP contribution in [0.25, 0.3) is 0 Å². The molecule has 2 nitrogen and oxygen atoms in total. The van der Waals surface area contributed by atoms with Gasteiger partial charge in [-0.1, -0.05) is 41.5 Å². The van der Waals surface area contributed by atoms with Crippen LogP contribution in [0, 0.1) is 16.2 Å². The van der Waals surface area contributed by atoms with Crippen LogP contribution in [0.2, 0.25) is 0 Å². The van der Waals surface area contributed by atoms with E-state index in [2.05, 4.69) is 0 Å². The van der Waals surface area contributed by atoms with E-state index < -0.39 is 5.41 Å². The number of ketones is 1. The Morgan fingerprint density at radius 2 is 1.46 bits per heavy atom. The molecule has 0 fully saturated rings. The third kappa shape index (κ3) is 4.81. The Morgan fingerprint density at radius 3 is 1.69 bits per heavy atom. The van der Waals surface area contributed by atoms with E-state index in [-0.39, 0.29) is 16.9 Å². The molecule has 76 valence electrons. The monoisotopic (exact) mass is 183 g/mol. The van der Waals surface area contributed by atoms with E-state index in [4.69, 9.17) is 5.41 Å². The molecule has 0 unspecified atom stereocenters. The van der Waals surface area contributed by atoms with E-state index in [0.29, 0.717) is 6.42 Å². The van der Waals surface area contributed by atoms with Gasteiger partial charge >= 0.3 is 0 Å². The maximum atomic E-state index is 11.6. The van der Waals surface area contributed by atoms with Gasteiger partial charge in [-0.3, -0.25) is 4.79 Å². The zero-order valence-electron chi connectivity index (χ0n) is 9.62. The molecular formula is C11H21NO. The first-order valence-corrected chi connectivity index (χ1v) is 4.66. The molecule has 0 amide bonds. The van der Waals surface area contributed by atoms with E-state index >= 15 is 0 Å². The Kier molecular flexibility index (Phi) is 3.42. The molecule has 0 radical (unpaired) electrons. The van der Waals surface area contributed by atoms with Crippen LogP contribution in [0.15, 0.2) is 0 Å². The fourth-order valence-electron chi connectivity index (χ4n) is 1.06. The van der Waals surface area contributed by atoms with Crippen LogP contribution in [0.3, 0.4) is 0 Å². The number of rotatable bonds is 2. The molecule has 0 aliphatic heterocycles. The zero-order chi connectivity index (χ0) is 10.9. The van der Waals surface area contributed by atoms with E-state index in [9.17, 15) is 4.79 Å². The highest BCUT2D eigenvalue weighted by atomic mass is 16.1. The molecule has 0 heterocycles. The van der Waals surface area contributed by atoms with E-state index in [0.717, 1.165) is 0 Å². The molecule has 0 rings (SSSR count). The van der Waals surface area contributed by atoms with Gasteiger partial charge in [-0.05, 0) is 11.8 Å². The molecule has 0 atom stereocenters. The summed E-state index contributed by atoms with van der Waals surface area (Å²) >= 11 is 0. The summed E-state index contributed by atoms with van der Waals surface area (Å²) in [6.07, 6.45) is 0.559. The summed E-state index contributed by atoms with van der Waals surface area (Å²) in [5, 5.41) is 7.66. The van der Waals surface area contributed by atoms with E-state index in [1.807, 2.05) is 41.5 Å². The smallest absolute Gasteiger partial charge is 0.181 e. The first-order chi connectivity index (χ1) is 5.54. The van der Waals surface area contributed by atoms with Gasteiger partial charge in [0.2, 0.25) is 0 Å². The van der Waals surface area contributed by atoms with Crippen LogP contribution in [-0.2, 0) is 4.79 Å². The molecule has 0 aromatic carbocycles. The lowest BCUT2D eigenvalue weighted by Gasteiger charge is -2.22. The fraction of sp³-hybridized carbons (Fsp3) is 0.818. The second-order valence-electron chi connectivity index (χ2n) is 5.80. The van der Waals surface area contributed by atoms with Crippen molar-refractivity contribution in [2.45, 2.75) is 48.0 Å². The van der Waals surface area contributed by atoms with Gasteiger partial charge in [0, 0.05) is 5.41 Å². The Labute approximate surface area is 81.2 Å². The second kappa shape index (κ2) is 3.60. The third-order valence-corrected chi connectivity index (χ3v) is 1.66. The normalized spacial score (nSPS) is 12.8. The fourth-order valence-corrected chi connectivity index (χ4v) is 1.06. The lowest BCUT2D eigenvalue weighted by atomic mass is 9.81. The van der Waals surface area contributed by atoms with Crippen molar-refractivity contribution in [2.24, 2.45) is 10.8 Å². The first-order valence-electron chi connectivity index (χ1n) is 4.66. The largest absolute Gasteiger partial charge is 0.302 e. The quantitative estimate of drug-likeness (QED) is 0.657. The van der Waals surface area contributed by atoms with Crippen molar-refractivity contribution in [1.29, 1.82) is 5.41 Å². The standard InChI is InChI=1S/C11H21NO/c1-10(2,3)7-8(12)9(13)11(4,5)6/h12H,7H2,1-6H3. The summed E-state index contributed by atoms with van der Waals surface area (Å²) in [5.41, 5.74) is -0.139. The molecule has 1 N–H and O–H groups in total. The summed E-state index contributed by atoms with van der Waals surface area (Å²) in [7, 11) is 0. The van der Waals surface area contributed by atoms with E-state index in [1.165, 1.54) is 0 Å². The van der Waals surface area contributed by atoms with Crippen LogP contribution in [0.1, 0.15) is 48.0 Å². The summed E-state index contributed by atoms with van der Waals surface area (Å²) in [6.45, 7) is 11.7. The van der Waals surface area contributed by atoms with Gasteiger partial charge in [0.05, 0.1) is 5.71 Å². The highest BCUT2D eigenvalue weighted by Crippen LogP contribution is 2.23. The topological polar surface area (TPSA) is 40.9 Å². The predicted octanol–water partition coefficient (Wildman–Crippen LogP) is 3.06. The summed E-state index contributed by atoms with van der Waals surface area (Å²) < 4.78 is 0. The minimum Gasteiger partial charge on any atom is -0.302 e. The van der Waals surface area contributed by atoms with E-state index in [1.54, 1.807) is 0 Å². The maximum Gasteiger partial charge on any atom is 0.181 e. The van der Waals surface area contributed by atoms with Crippen molar-refractivity contribution in [3.05, 3.63) is 0 Å². The first kappa shape index (κ1) is 12.3. The van der Waals surface area contributed by atoms with Gasteiger partial charge in [-0.2, -0.15) is 0 Å². The molecule has 0 aliphatic rings. The van der Waals surface area contributed by atoms with Crippen molar-refractivity contribution in [1.82, 2.24) is 0 Å². The third-order valence-electron chi connectivity index (χ3n) is 1.66. The molecule has 0 aromatic heterocycles. The van der Waals surface area contributed by atoms with Crippen LogP contribution in [0.4, 0.5) is 0 Å². The van der Waals surface area contributed by atoms with Gasteiger partial charge in [-0.15, -0.1) is 0 Å². The molecular weight excluding hydrogens is 162 g/mol. The lowest BCUT2D eigenvalue weighted by molar-refractivity contribution is -0.119. The number of carbonyl (C=O) groups is 1.